The van der Waals surface area contributed by atoms with Gasteiger partial charge in [0.15, 0.2) is 0 Å². The second-order valence-electron chi connectivity index (χ2n) is 6.86. The highest BCUT2D eigenvalue weighted by Crippen LogP contribution is 2.37. The van der Waals surface area contributed by atoms with E-state index in [2.05, 4.69) is 11.2 Å². The Labute approximate surface area is 150 Å². The van der Waals surface area contributed by atoms with E-state index in [-0.39, 0.29) is 11.9 Å². The number of benzene rings is 1. The number of para-hydroxylation sites is 1. The molecule has 1 amide bonds. The molecule has 1 saturated heterocycles. The van der Waals surface area contributed by atoms with Crippen molar-refractivity contribution < 1.29 is 4.79 Å². The number of rotatable bonds is 2. The van der Waals surface area contributed by atoms with E-state index in [0.29, 0.717) is 0 Å². The van der Waals surface area contributed by atoms with E-state index in [1.54, 1.807) is 17.5 Å². The normalized spacial score (nSPS) is 20.2. The molecule has 1 atom stereocenters. The lowest BCUT2D eigenvalue weighted by Crippen LogP contribution is -2.31. The molecule has 1 fully saturated rings. The average molecular weight is 352 g/mol. The molecule has 128 valence electrons. The number of aromatic nitrogens is 3. The molecular formula is C19H20N4OS. The van der Waals surface area contributed by atoms with Gasteiger partial charge in [-0.15, -0.1) is 11.3 Å². The Balaban J connectivity index is 1.48. The zero-order chi connectivity index (χ0) is 16.8. The van der Waals surface area contributed by atoms with Crippen LogP contribution in [0.4, 0.5) is 0 Å². The van der Waals surface area contributed by atoms with Gasteiger partial charge in [0.05, 0.1) is 33.7 Å². The summed E-state index contributed by atoms with van der Waals surface area (Å²) in [5.74, 6) is 0.130. The first kappa shape index (κ1) is 15.1. The van der Waals surface area contributed by atoms with Crippen molar-refractivity contribution in [2.24, 2.45) is 0 Å². The number of carbonyl (C=O) groups excluding carboxylic acids is 1. The number of fused-ring (bicyclic) bond motifs is 2. The van der Waals surface area contributed by atoms with Crippen LogP contribution in [0.25, 0.3) is 10.2 Å². The van der Waals surface area contributed by atoms with Crippen molar-refractivity contribution in [1.29, 1.82) is 0 Å². The van der Waals surface area contributed by atoms with Crippen LogP contribution < -0.4 is 0 Å². The third-order valence-corrected chi connectivity index (χ3v) is 6.46. The standard InChI is InChI=1S/C19H20N4OS/c24-19(13-12-20-23-11-4-3-7-15(13)23)22-10-5-8-16(22)18-21-14-6-1-2-9-17(14)25-18/h1-2,6,9,12,16H,3-5,7-8,10-11H2/t16-/m1/s1. The molecule has 5 nitrogen and oxygen atoms in total. The van der Waals surface area contributed by atoms with Crippen LogP contribution in [0.2, 0.25) is 0 Å². The highest BCUT2D eigenvalue weighted by atomic mass is 32.1. The molecule has 0 bridgehead atoms. The largest absolute Gasteiger partial charge is 0.329 e. The van der Waals surface area contributed by atoms with E-state index in [1.807, 2.05) is 27.8 Å². The molecule has 2 aliphatic heterocycles. The molecule has 1 aromatic carbocycles. The Hall–Kier alpha value is -2.21. The predicted molar refractivity (Wildman–Crippen MR) is 97.8 cm³/mol. The highest BCUT2D eigenvalue weighted by molar-refractivity contribution is 7.18. The van der Waals surface area contributed by atoms with Crippen LogP contribution in [0.3, 0.4) is 0 Å². The summed E-state index contributed by atoms with van der Waals surface area (Å²) in [6.45, 7) is 1.74. The molecular weight excluding hydrogens is 332 g/mol. The van der Waals surface area contributed by atoms with Gasteiger partial charge in [-0.05, 0) is 44.2 Å². The topological polar surface area (TPSA) is 51.0 Å². The maximum absolute atomic E-state index is 13.2. The van der Waals surface area contributed by atoms with Crippen LogP contribution in [0.1, 0.15) is 52.8 Å². The molecule has 25 heavy (non-hydrogen) atoms. The first-order chi connectivity index (χ1) is 12.3. The van der Waals surface area contributed by atoms with Gasteiger partial charge in [-0.25, -0.2) is 4.98 Å². The van der Waals surface area contributed by atoms with Gasteiger partial charge in [0.1, 0.15) is 5.01 Å². The number of hydrogen-bond donors (Lipinski definition) is 0. The Morgan fingerprint density at radius 1 is 1.16 bits per heavy atom. The van der Waals surface area contributed by atoms with Crippen LogP contribution in [-0.4, -0.2) is 32.1 Å². The third-order valence-electron chi connectivity index (χ3n) is 5.32. The Kier molecular flexibility index (Phi) is 3.59. The van der Waals surface area contributed by atoms with Gasteiger partial charge >= 0.3 is 0 Å². The van der Waals surface area contributed by atoms with E-state index >= 15 is 0 Å². The van der Waals surface area contributed by atoms with E-state index in [1.165, 1.54) is 4.70 Å². The van der Waals surface area contributed by atoms with Gasteiger partial charge in [-0.1, -0.05) is 12.1 Å². The van der Waals surface area contributed by atoms with Crippen molar-refractivity contribution in [2.45, 2.75) is 44.7 Å². The van der Waals surface area contributed by atoms with Crippen LogP contribution in [0.5, 0.6) is 0 Å². The van der Waals surface area contributed by atoms with Crippen LogP contribution in [-0.2, 0) is 13.0 Å². The molecule has 0 saturated carbocycles. The summed E-state index contributed by atoms with van der Waals surface area (Å²) >= 11 is 1.72. The molecule has 5 rings (SSSR count). The van der Waals surface area contributed by atoms with Crippen LogP contribution in [0.15, 0.2) is 30.5 Å². The quantitative estimate of drug-likeness (QED) is 0.705. The van der Waals surface area contributed by atoms with E-state index in [0.717, 1.165) is 67.0 Å². The van der Waals surface area contributed by atoms with Crippen molar-refractivity contribution in [1.82, 2.24) is 19.7 Å². The summed E-state index contributed by atoms with van der Waals surface area (Å²) < 4.78 is 3.21. The van der Waals surface area contributed by atoms with Gasteiger partial charge in [-0.3, -0.25) is 9.48 Å². The number of nitrogens with zero attached hydrogens (tertiary/aromatic N) is 4. The fourth-order valence-corrected chi connectivity index (χ4v) is 5.17. The van der Waals surface area contributed by atoms with E-state index in [4.69, 9.17) is 4.98 Å². The summed E-state index contributed by atoms with van der Waals surface area (Å²) in [5.41, 5.74) is 2.95. The molecule has 0 radical (unpaired) electrons. The monoisotopic (exact) mass is 352 g/mol. The fraction of sp³-hybridized carbons (Fsp3) is 0.421. The molecule has 3 aromatic rings. The molecule has 0 N–H and O–H groups in total. The highest BCUT2D eigenvalue weighted by Gasteiger charge is 2.34. The summed E-state index contributed by atoms with van der Waals surface area (Å²) in [4.78, 5) is 20.0. The first-order valence-electron chi connectivity index (χ1n) is 9.02. The molecule has 2 aromatic heterocycles. The molecule has 4 heterocycles. The van der Waals surface area contributed by atoms with Gasteiger partial charge in [0.25, 0.3) is 5.91 Å². The molecule has 0 unspecified atom stereocenters. The molecule has 0 spiro atoms. The predicted octanol–water partition coefficient (Wildman–Crippen LogP) is 3.81. The molecule has 6 heteroatoms. The summed E-state index contributed by atoms with van der Waals surface area (Å²) in [7, 11) is 0. The summed E-state index contributed by atoms with van der Waals surface area (Å²) in [6.07, 6.45) is 7.07. The minimum atomic E-state index is 0.101. The Morgan fingerprint density at radius 3 is 3.00 bits per heavy atom. The van der Waals surface area contributed by atoms with Crippen molar-refractivity contribution in [2.75, 3.05) is 6.54 Å². The maximum Gasteiger partial charge on any atom is 0.257 e. The van der Waals surface area contributed by atoms with Gasteiger partial charge < -0.3 is 4.90 Å². The van der Waals surface area contributed by atoms with Crippen LogP contribution >= 0.6 is 11.3 Å². The summed E-state index contributed by atoms with van der Waals surface area (Å²) in [6, 6.07) is 8.31. The second-order valence-corrected chi connectivity index (χ2v) is 7.92. The number of amides is 1. The van der Waals surface area contributed by atoms with E-state index in [9.17, 15) is 4.79 Å². The van der Waals surface area contributed by atoms with Gasteiger partial charge in [0.2, 0.25) is 0 Å². The number of thiazole rings is 1. The lowest BCUT2D eigenvalue weighted by molar-refractivity contribution is 0.0734. The minimum Gasteiger partial charge on any atom is -0.329 e. The minimum absolute atomic E-state index is 0.101. The Bertz CT molecular complexity index is 911. The number of aryl methyl sites for hydroxylation is 1. The Morgan fingerprint density at radius 2 is 2.08 bits per heavy atom. The van der Waals surface area contributed by atoms with Gasteiger partial charge in [-0.2, -0.15) is 5.10 Å². The fourth-order valence-electron chi connectivity index (χ4n) is 4.05. The zero-order valence-corrected chi connectivity index (χ0v) is 14.8. The lowest BCUT2D eigenvalue weighted by atomic mass is 10.1. The summed E-state index contributed by atoms with van der Waals surface area (Å²) in [5, 5.41) is 5.50. The van der Waals surface area contributed by atoms with Crippen LogP contribution in [0, 0.1) is 0 Å². The second kappa shape index (κ2) is 5.95. The van der Waals surface area contributed by atoms with Gasteiger partial charge in [0, 0.05) is 13.1 Å². The lowest BCUT2D eigenvalue weighted by Gasteiger charge is -2.24. The maximum atomic E-state index is 13.2. The molecule has 0 aliphatic carbocycles. The third kappa shape index (κ3) is 2.47. The van der Waals surface area contributed by atoms with Crippen molar-refractivity contribution in [3.05, 3.63) is 46.7 Å². The molecule has 2 aliphatic rings. The number of likely N-dealkylation sites (tertiary alicyclic amines) is 1. The van der Waals surface area contributed by atoms with Crippen molar-refractivity contribution >= 4 is 27.5 Å². The van der Waals surface area contributed by atoms with Crippen molar-refractivity contribution in [3.63, 3.8) is 0 Å². The zero-order valence-electron chi connectivity index (χ0n) is 14.0. The number of carbonyl (C=O) groups is 1. The average Bonchev–Trinajstić information content (AvgIpc) is 3.37. The van der Waals surface area contributed by atoms with Crippen molar-refractivity contribution in [3.8, 4) is 0 Å². The number of hydrogen-bond acceptors (Lipinski definition) is 4. The SMILES string of the molecule is O=C(c1cnn2c1CCCC2)N1CCC[C@@H]1c1nc2ccccc2s1. The van der Waals surface area contributed by atoms with E-state index < -0.39 is 0 Å². The first-order valence-corrected chi connectivity index (χ1v) is 9.84. The smallest absolute Gasteiger partial charge is 0.257 e.